The van der Waals surface area contributed by atoms with Gasteiger partial charge in [-0.25, -0.2) is 9.69 Å². The van der Waals surface area contributed by atoms with Gasteiger partial charge in [-0.1, -0.05) is 17.7 Å². The Labute approximate surface area is 172 Å². The summed E-state index contributed by atoms with van der Waals surface area (Å²) in [5.41, 5.74) is 0.715. The number of piperidine rings is 1. The molecule has 0 saturated carbocycles. The number of benzene rings is 1. The highest BCUT2D eigenvalue weighted by Crippen LogP contribution is 2.30. The van der Waals surface area contributed by atoms with Gasteiger partial charge in [0.05, 0.1) is 5.69 Å². The zero-order chi connectivity index (χ0) is 20.5. The Morgan fingerprint density at radius 1 is 1.07 bits per heavy atom. The van der Waals surface area contributed by atoms with Crippen molar-refractivity contribution in [2.24, 2.45) is 0 Å². The Kier molecular flexibility index (Phi) is 5.15. The predicted molar refractivity (Wildman–Crippen MR) is 110 cm³/mol. The van der Waals surface area contributed by atoms with Gasteiger partial charge in [0.2, 0.25) is 0 Å². The number of nitrogens with zero attached hydrogens (tertiary/aromatic N) is 2. The number of halogens is 1. The Hall–Kier alpha value is -3.06. The summed E-state index contributed by atoms with van der Waals surface area (Å²) in [6.07, 6.45) is 4.78. The number of amides is 4. The van der Waals surface area contributed by atoms with Crippen LogP contribution in [0.15, 0.2) is 40.3 Å². The first-order valence-corrected chi connectivity index (χ1v) is 9.85. The van der Waals surface area contributed by atoms with Crippen LogP contribution in [-0.2, 0) is 9.59 Å². The molecule has 3 heterocycles. The van der Waals surface area contributed by atoms with E-state index in [2.05, 4.69) is 10.2 Å². The first kappa shape index (κ1) is 19.3. The zero-order valence-corrected chi connectivity index (χ0v) is 16.7. The monoisotopic (exact) mass is 413 g/mol. The number of carbonyl (C=O) groups excluding carboxylic acids is 3. The van der Waals surface area contributed by atoms with E-state index < -0.39 is 17.8 Å². The molecule has 8 heteroatoms. The number of barbiturate groups is 1. The molecule has 7 nitrogen and oxygen atoms in total. The molecular formula is C21H20ClN3O4. The third kappa shape index (κ3) is 3.65. The maximum atomic E-state index is 13.0. The average molecular weight is 414 g/mol. The summed E-state index contributed by atoms with van der Waals surface area (Å²) in [5, 5.41) is 2.63. The molecule has 0 aliphatic carbocycles. The van der Waals surface area contributed by atoms with E-state index in [4.69, 9.17) is 16.0 Å². The fourth-order valence-corrected chi connectivity index (χ4v) is 3.73. The van der Waals surface area contributed by atoms with Crippen LogP contribution < -0.4 is 15.1 Å². The van der Waals surface area contributed by atoms with Crippen LogP contribution in [0.3, 0.4) is 0 Å². The number of nitrogens with one attached hydrogen (secondary N) is 1. The van der Waals surface area contributed by atoms with Crippen LogP contribution in [0.25, 0.3) is 6.08 Å². The van der Waals surface area contributed by atoms with Crippen LogP contribution in [0.5, 0.6) is 0 Å². The smallest absolute Gasteiger partial charge is 0.335 e. The number of rotatable bonds is 3. The fourth-order valence-electron chi connectivity index (χ4n) is 3.56. The molecule has 2 fully saturated rings. The molecule has 2 aromatic rings. The molecule has 0 atom stereocenters. The lowest BCUT2D eigenvalue weighted by Gasteiger charge is -2.27. The van der Waals surface area contributed by atoms with Crippen molar-refractivity contribution in [3.05, 3.63) is 52.3 Å². The highest BCUT2D eigenvalue weighted by atomic mass is 35.5. The summed E-state index contributed by atoms with van der Waals surface area (Å²) in [6.45, 7) is 3.54. The highest BCUT2D eigenvalue weighted by Gasteiger charge is 2.37. The van der Waals surface area contributed by atoms with E-state index in [1.165, 1.54) is 12.5 Å². The van der Waals surface area contributed by atoms with Gasteiger partial charge in [-0.05, 0) is 56.0 Å². The van der Waals surface area contributed by atoms with Gasteiger partial charge in [0, 0.05) is 24.2 Å². The summed E-state index contributed by atoms with van der Waals surface area (Å²) in [4.78, 5) is 40.8. The second kappa shape index (κ2) is 7.75. The number of anilines is 2. The van der Waals surface area contributed by atoms with Gasteiger partial charge in [-0.2, -0.15) is 0 Å². The summed E-state index contributed by atoms with van der Waals surface area (Å²) >= 11 is 6.13. The van der Waals surface area contributed by atoms with E-state index in [0.29, 0.717) is 27.9 Å². The Balaban J connectivity index is 1.65. The molecule has 2 aliphatic heterocycles. The highest BCUT2D eigenvalue weighted by molar-refractivity contribution is 6.39. The van der Waals surface area contributed by atoms with Gasteiger partial charge in [-0.3, -0.25) is 14.9 Å². The molecule has 150 valence electrons. The van der Waals surface area contributed by atoms with E-state index >= 15 is 0 Å². The first-order chi connectivity index (χ1) is 14.0. The summed E-state index contributed by atoms with van der Waals surface area (Å²) in [6, 6.07) is 7.64. The Bertz CT molecular complexity index is 1020. The molecule has 0 spiro atoms. The third-order valence-electron chi connectivity index (χ3n) is 5.15. The molecular weight excluding hydrogens is 394 g/mol. The SMILES string of the molecule is Cc1c(Cl)cccc1N1C(=O)NC(=O)/C(=C\c2ccc(N3CCCCC3)o2)C1=O. The Morgan fingerprint density at radius 2 is 1.83 bits per heavy atom. The third-order valence-corrected chi connectivity index (χ3v) is 5.56. The zero-order valence-electron chi connectivity index (χ0n) is 15.9. The van der Waals surface area contributed by atoms with E-state index in [1.54, 1.807) is 31.2 Å². The fraction of sp³-hybridized carbons (Fsp3) is 0.286. The molecule has 29 heavy (non-hydrogen) atoms. The van der Waals surface area contributed by atoms with Gasteiger partial charge in [0.25, 0.3) is 11.8 Å². The van der Waals surface area contributed by atoms with Crippen LogP contribution in [0, 0.1) is 6.92 Å². The minimum Gasteiger partial charge on any atom is -0.441 e. The van der Waals surface area contributed by atoms with Crippen molar-refractivity contribution in [1.82, 2.24) is 5.32 Å². The molecule has 1 N–H and O–H groups in total. The van der Waals surface area contributed by atoms with Crippen LogP contribution in [0.1, 0.15) is 30.6 Å². The van der Waals surface area contributed by atoms with Crippen molar-refractivity contribution in [2.75, 3.05) is 22.9 Å². The summed E-state index contributed by atoms with van der Waals surface area (Å²) < 4.78 is 5.83. The topological polar surface area (TPSA) is 82.9 Å². The van der Waals surface area contributed by atoms with Crippen molar-refractivity contribution in [3.63, 3.8) is 0 Å². The lowest BCUT2D eigenvalue weighted by atomic mass is 10.1. The van der Waals surface area contributed by atoms with E-state index in [0.717, 1.165) is 30.8 Å². The van der Waals surface area contributed by atoms with E-state index in [9.17, 15) is 14.4 Å². The molecule has 2 saturated heterocycles. The quantitative estimate of drug-likeness (QED) is 0.609. The summed E-state index contributed by atoms with van der Waals surface area (Å²) in [5.74, 6) is -0.396. The molecule has 2 aliphatic rings. The number of carbonyl (C=O) groups is 3. The number of imide groups is 2. The maximum absolute atomic E-state index is 13.0. The molecule has 4 amide bonds. The van der Waals surface area contributed by atoms with Gasteiger partial charge in [0.15, 0.2) is 5.88 Å². The van der Waals surface area contributed by atoms with Crippen molar-refractivity contribution < 1.29 is 18.8 Å². The molecule has 0 radical (unpaired) electrons. The summed E-state index contributed by atoms with van der Waals surface area (Å²) in [7, 11) is 0. The van der Waals surface area contributed by atoms with Crippen molar-refractivity contribution in [3.8, 4) is 0 Å². The normalized spacial score (nSPS) is 19.1. The Morgan fingerprint density at radius 3 is 2.59 bits per heavy atom. The number of urea groups is 1. The standard InChI is InChI=1S/C21H20ClN3O4/c1-13-16(22)6-5-7-17(13)25-20(27)15(19(26)23-21(25)28)12-14-8-9-18(29-14)24-10-3-2-4-11-24/h5-9,12H,2-4,10-11H2,1H3,(H,23,26,28)/b15-12+. The van der Waals surface area contributed by atoms with Crippen LogP contribution in [0.4, 0.5) is 16.4 Å². The largest absolute Gasteiger partial charge is 0.441 e. The van der Waals surface area contributed by atoms with Crippen LogP contribution in [0.2, 0.25) is 5.02 Å². The predicted octanol–water partition coefficient (Wildman–Crippen LogP) is 3.90. The van der Waals surface area contributed by atoms with E-state index in [1.807, 2.05) is 6.07 Å². The van der Waals surface area contributed by atoms with Gasteiger partial charge >= 0.3 is 6.03 Å². The van der Waals surface area contributed by atoms with Crippen molar-refractivity contribution in [2.45, 2.75) is 26.2 Å². The lowest BCUT2D eigenvalue weighted by Crippen LogP contribution is -2.54. The lowest BCUT2D eigenvalue weighted by molar-refractivity contribution is -0.122. The van der Waals surface area contributed by atoms with E-state index in [-0.39, 0.29) is 5.57 Å². The van der Waals surface area contributed by atoms with Crippen LogP contribution >= 0.6 is 11.6 Å². The molecule has 0 bridgehead atoms. The van der Waals surface area contributed by atoms with Gasteiger partial charge in [-0.15, -0.1) is 0 Å². The number of furan rings is 1. The number of hydrogen-bond acceptors (Lipinski definition) is 5. The van der Waals surface area contributed by atoms with Crippen molar-refractivity contribution in [1.29, 1.82) is 0 Å². The molecule has 4 rings (SSSR count). The molecule has 1 aromatic heterocycles. The first-order valence-electron chi connectivity index (χ1n) is 9.47. The molecule has 0 unspecified atom stereocenters. The minimum absolute atomic E-state index is 0.177. The number of hydrogen-bond donors (Lipinski definition) is 1. The van der Waals surface area contributed by atoms with Gasteiger partial charge < -0.3 is 9.32 Å². The van der Waals surface area contributed by atoms with Crippen molar-refractivity contribution >= 4 is 47.1 Å². The molecule has 1 aromatic carbocycles. The van der Waals surface area contributed by atoms with Crippen LogP contribution in [-0.4, -0.2) is 30.9 Å². The minimum atomic E-state index is -0.809. The van der Waals surface area contributed by atoms with Gasteiger partial charge in [0.1, 0.15) is 11.3 Å². The second-order valence-corrected chi connectivity index (χ2v) is 7.47. The average Bonchev–Trinajstić information content (AvgIpc) is 3.18. The second-order valence-electron chi connectivity index (χ2n) is 7.07. The maximum Gasteiger partial charge on any atom is 0.335 e.